The Kier molecular flexibility index (Phi) is 4.94. The Morgan fingerprint density at radius 2 is 2.00 bits per heavy atom. The van der Waals surface area contributed by atoms with Crippen LogP contribution in [0.15, 0.2) is 18.2 Å². The van der Waals surface area contributed by atoms with E-state index in [9.17, 15) is 4.39 Å². The number of anilines is 1. The van der Waals surface area contributed by atoms with E-state index >= 15 is 0 Å². The van der Waals surface area contributed by atoms with Crippen LogP contribution in [0.4, 0.5) is 10.1 Å². The van der Waals surface area contributed by atoms with Crippen molar-refractivity contribution >= 4 is 5.69 Å². The summed E-state index contributed by atoms with van der Waals surface area (Å²) in [5.74, 6) is -0.146. The van der Waals surface area contributed by atoms with E-state index in [4.69, 9.17) is 0 Å². The maximum atomic E-state index is 14.0. The Morgan fingerprint density at radius 1 is 1.35 bits per heavy atom. The van der Waals surface area contributed by atoms with Gasteiger partial charge in [0.2, 0.25) is 0 Å². The van der Waals surface area contributed by atoms with E-state index < -0.39 is 0 Å². The summed E-state index contributed by atoms with van der Waals surface area (Å²) >= 11 is 0. The second-order valence-electron chi connectivity index (χ2n) is 4.56. The van der Waals surface area contributed by atoms with Gasteiger partial charge < -0.3 is 10.2 Å². The first kappa shape index (κ1) is 14.0. The van der Waals surface area contributed by atoms with Gasteiger partial charge in [-0.05, 0) is 38.9 Å². The molecule has 0 bridgehead atoms. The zero-order valence-corrected chi connectivity index (χ0v) is 11.4. The molecule has 17 heavy (non-hydrogen) atoms. The lowest BCUT2D eigenvalue weighted by molar-refractivity contribution is 0.581. The van der Waals surface area contributed by atoms with Crippen molar-refractivity contribution in [2.75, 3.05) is 19.0 Å². The van der Waals surface area contributed by atoms with Gasteiger partial charge in [-0.3, -0.25) is 0 Å². The molecular formula is C14H23FN2. The number of rotatable bonds is 5. The second kappa shape index (κ2) is 6.01. The van der Waals surface area contributed by atoms with E-state index in [0.717, 1.165) is 12.0 Å². The number of nitrogens with one attached hydrogen (secondary N) is 1. The van der Waals surface area contributed by atoms with Gasteiger partial charge in [0, 0.05) is 19.1 Å². The summed E-state index contributed by atoms with van der Waals surface area (Å²) in [6.45, 7) is 6.27. The van der Waals surface area contributed by atoms with Crippen LogP contribution >= 0.6 is 0 Å². The predicted octanol–water partition coefficient (Wildman–Crippen LogP) is 3.34. The third-order valence-corrected chi connectivity index (χ3v) is 3.52. The first-order valence-corrected chi connectivity index (χ1v) is 6.21. The fourth-order valence-electron chi connectivity index (χ4n) is 1.90. The van der Waals surface area contributed by atoms with Crippen LogP contribution in [-0.2, 0) is 0 Å². The molecular weight excluding hydrogens is 215 g/mol. The third-order valence-electron chi connectivity index (χ3n) is 3.52. The van der Waals surface area contributed by atoms with Crippen LogP contribution in [0.5, 0.6) is 0 Å². The summed E-state index contributed by atoms with van der Waals surface area (Å²) in [6, 6.07) is 5.76. The van der Waals surface area contributed by atoms with Crippen LogP contribution in [-0.4, -0.2) is 20.1 Å². The lowest BCUT2D eigenvalue weighted by Gasteiger charge is -2.30. The maximum absolute atomic E-state index is 14.0. The summed E-state index contributed by atoms with van der Waals surface area (Å²) in [5, 5.41) is 3.17. The number of nitrogens with zero attached hydrogens (tertiary/aromatic N) is 1. The molecule has 0 aromatic heterocycles. The van der Waals surface area contributed by atoms with Gasteiger partial charge >= 0.3 is 0 Å². The predicted molar refractivity (Wildman–Crippen MR) is 72.0 cm³/mol. The minimum absolute atomic E-state index is 0.146. The van der Waals surface area contributed by atoms with Gasteiger partial charge in [0.1, 0.15) is 5.82 Å². The van der Waals surface area contributed by atoms with Crippen LogP contribution in [0.25, 0.3) is 0 Å². The minimum Gasteiger partial charge on any atom is -0.369 e. The SMILES string of the molecule is CCC(C)N(C)c1c(F)cccc1C(C)NC. The molecule has 0 radical (unpaired) electrons. The number of halogens is 1. The maximum Gasteiger partial charge on any atom is 0.146 e. The Bertz CT molecular complexity index is 365. The minimum atomic E-state index is -0.146. The first-order valence-electron chi connectivity index (χ1n) is 6.21. The molecule has 2 atom stereocenters. The van der Waals surface area contributed by atoms with E-state index in [1.54, 1.807) is 6.07 Å². The highest BCUT2D eigenvalue weighted by Gasteiger charge is 2.19. The van der Waals surface area contributed by atoms with Crippen molar-refractivity contribution in [3.8, 4) is 0 Å². The number of hydrogen-bond donors (Lipinski definition) is 1. The van der Waals surface area contributed by atoms with Gasteiger partial charge in [0.05, 0.1) is 5.69 Å². The van der Waals surface area contributed by atoms with Gasteiger partial charge in [-0.15, -0.1) is 0 Å². The van der Waals surface area contributed by atoms with E-state index in [0.29, 0.717) is 11.7 Å². The van der Waals surface area contributed by atoms with Crippen LogP contribution in [0.3, 0.4) is 0 Å². The molecule has 0 saturated carbocycles. The van der Waals surface area contributed by atoms with Crippen LogP contribution in [0, 0.1) is 5.82 Å². The van der Waals surface area contributed by atoms with Crippen molar-refractivity contribution in [2.24, 2.45) is 0 Å². The smallest absolute Gasteiger partial charge is 0.146 e. The monoisotopic (exact) mass is 238 g/mol. The zero-order valence-electron chi connectivity index (χ0n) is 11.4. The standard InChI is InChI=1S/C14H23FN2/c1-6-10(2)17(5)14-12(11(3)16-4)8-7-9-13(14)15/h7-11,16H,6H2,1-5H3. The molecule has 0 aliphatic heterocycles. The van der Waals surface area contributed by atoms with Gasteiger partial charge in [-0.25, -0.2) is 4.39 Å². The van der Waals surface area contributed by atoms with Crippen molar-refractivity contribution in [3.63, 3.8) is 0 Å². The molecule has 0 fully saturated rings. The van der Waals surface area contributed by atoms with Crippen LogP contribution in [0.2, 0.25) is 0 Å². The van der Waals surface area contributed by atoms with E-state index in [1.807, 2.05) is 32.0 Å². The average Bonchev–Trinajstić information content (AvgIpc) is 2.35. The van der Waals surface area contributed by atoms with E-state index in [-0.39, 0.29) is 11.9 Å². The molecule has 2 nitrogen and oxygen atoms in total. The highest BCUT2D eigenvalue weighted by atomic mass is 19.1. The normalized spacial score (nSPS) is 14.5. The molecule has 0 amide bonds. The molecule has 0 heterocycles. The Morgan fingerprint density at radius 3 is 2.53 bits per heavy atom. The zero-order chi connectivity index (χ0) is 13.0. The van der Waals surface area contributed by atoms with Crippen molar-refractivity contribution in [2.45, 2.75) is 39.3 Å². The average molecular weight is 238 g/mol. The van der Waals surface area contributed by atoms with E-state index in [2.05, 4.69) is 19.2 Å². The Labute approximate surface area is 104 Å². The van der Waals surface area contributed by atoms with Crippen LogP contribution < -0.4 is 10.2 Å². The van der Waals surface area contributed by atoms with Crippen molar-refractivity contribution in [1.82, 2.24) is 5.32 Å². The summed E-state index contributed by atoms with van der Waals surface area (Å²) in [5.41, 5.74) is 1.72. The molecule has 1 aromatic rings. The summed E-state index contributed by atoms with van der Waals surface area (Å²) in [6.07, 6.45) is 0.998. The van der Waals surface area contributed by atoms with Gasteiger partial charge in [0.15, 0.2) is 0 Å². The van der Waals surface area contributed by atoms with Crippen molar-refractivity contribution < 1.29 is 4.39 Å². The summed E-state index contributed by atoms with van der Waals surface area (Å²) in [7, 11) is 3.85. The number of benzene rings is 1. The molecule has 0 spiro atoms. The molecule has 96 valence electrons. The fraction of sp³-hybridized carbons (Fsp3) is 0.571. The number of hydrogen-bond acceptors (Lipinski definition) is 2. The molecule has 0 aliphatic carbocycles. The molecule has 1 rings (SSSR count). The molecule has 0 aliphatic rings. The molecule has 1 aromatic carbocycles. The van der Waals surface area contributed by atoms with Gasteiger partial charge in [0.25, 0.3) is 0 Å². The highest BCUT2D eigenvalue weighted by molar-refractivity contribution is 5.56. The van der Waals surface area contributed by atoms with Crippen molar-refractivity contribution in [3.05, 3.63) is 29.6 Å². The lowest BCUT2D eigenvalue weighted by Crippen LogP contribution is -2.31. The summed E-state index contributed by atoms with van der Waals surface area (Å²) in [4.78, 5) is 2.03. The second-order valence-corrected chi connectivity index (χ2v) is 4.56. The largest absolute Gasteiger partial charge is 0.369 e. The number of para-hydroxylation sites is 1. The van der Waals surface area contributed by atoms with Gasteiger partial charge in [-0.1, -0.05) is 19.1 Å². The molecule has 1 N–H and O–H groups in total. The van der Waals surface area contributed by atoms with E-state index in [1.165, 1.54) is 6.07 Å². The van der Waals surface area contributed by atoms with Crippen molar-refractivity contribution in [1.29, 1.82) is 0 Å². The molecule has 3 heteroatoms. The highest BCUT2D eigenvalue weighted by Crippen LogP contribution is 2.30. The Hall–Kier alpha value is -1.09. The Balaban J connectivity index is 3.20. The summed E-state index contributed by atoms with van der Waals surface area (Å²) < 4.78 is 14.0. The first-order chi connectivity index (χ1) is 8.02. The molecule has 2 unspecified atom stereocenters. The lowest BCUT2D eigenvalue weighted by atomic mass is 10.0. The fourth-order valence-corrected chi connectivity index (χ4v) is 1.90. The van der Waals surface area contributed by atoms with Gasteiger partial charge in [-0.2, -0.15) is 0 Å². The molecule has 0 saturated heterocycles. The van der Waals surface area contributed by atoms with Crippen LogP contribution in [0.1, 0.15) is 38.8 Å². The third kappa shape index (κ3) is 2.97. The quantitative estimate of drug-likeness (QED) is 0.846. The topological polar surface area (TPSA) is 15.3 Å².